The Morgan fingerprint density at radius 2 is 2.27 bits per heavy atom. The third-order valence-electron chi connectivity index (χ3n) is 2.01. The first-order chi connectivity index (χ1) is 7.34. The van der Waals surface area contributed by atoms with Crippen LogP contribution in [-0.2, 0) is 0 Å². The van der Waals surface area contributed by atoms with Gasteiger partial charge in [0.05, 0.1) is 6.26 Å². The van der Waals surface area contributed by atoms with Gasteiger partial charge in [0.25, 0.3) is 0 Å². The normalized spacial score (nSPS) is 10.9. The fourth-order valence-electron chi connectivity index (χ4n) is 1.41. The summed E-state index contributed by atoms with van der Waals surface area (Å²) >= 11 is 0. The molecule has 0 fully saturated rings. The van der Waals surface area contributed by atoms with Crippen molar-refractivity contribution in [3.8, 4) is 11.6 Å². The van der Waals surface area contributed by atoms with Crippen molar-refractivity contribution >= 4 is 11.6 Å². The Morgan fingerprint density at radius 1 is 1.33 bits per heavy atom. The van der Waals surface area contributed by atoms with Gasteiger partial charge in [-0.2, -0.15) is 9.50 Å². The standard InChI is InChI=1S/C9H7N5O/c10-9-12-7-3-4-11-8(14(7)13-9)6-2-1-5-15-6/h1-5H,(H2,10,13). The summed E-state index contributed by atoms with van der Waals surface area (Å²) in [5, 5.41) is 4.03. The molecule has 6 nitrogen and oxygen atoms in total. The number of hydrogen-bond acceptors (Lipinski definition) is 5. The van der Waals surface area contributed by atoms with Crippen molar-refractivity contribution in [2.75, 3.05) is 5.73 Å². The molecule has 3 aromatic rings. The molecule has 0 radical (unpaired) electrons. The van der Waals surface area contributed by atoms with Crippen LogP contribution in [0.25, 0.3) is 17.2 Å². The van der Waals surface area contributed by atoms with Gasteiger partial charge in [0.2, 0.25) is 5.95 Å². The maximum Gasteiger partial charge on any atom is 0.240 e. The van der Waals surface area contributed by atoms with E-state index >= 15 is 0 Å². The van der Waals surface area contributed by atoms with Gasteiger partial charge in [0.15, 0.2) is 17.2 Å². The van der Waals surface area contributed by atoms with E-state index in [1.807, 2.05) is 0 Å². The topological polar surface area (TPSA) is 82.2 Å². The summed E-state index contributed by atoms with van der Waals surface area (Å²) in [6.45, 7) is 0. The smallest absolute Gasteiger partial charge is 0.240 e. The van der Waals surface area contributed by atoms with E-state index in [0.29, 0.717) is 17.2 Å². The SMILES string of the molecule is Nc1nc2ccnc(-c3ccco3)n2n1. The van der Waals surface area contributed by atoms with E-state index in [0.717, 1.165) is 0 Å². The highest BCUT2D eigenvalue weighted by Gasteiger charge is 2.09. The van der Waals surface area contributed by atoms with Crippen LogP contribution in [0.3, 0.4) is 0 Å². The van der Waals surface area contributed by atoms with Crippen molar-refractivity contribution in [1.82, 2.24) is 19.6 Å². The largest absolute Gasteiger partial charge is 0.461 e. The second-order valence-electron chi connectivity index (χ2n) is 2.99. The van der Waals surface area contributed by atoms with Crippen LogP contribution in [0, 0.1) is 0 Å². The number of rotatable bonds is 1. The molecule has 2 N–H and O–H groups in total. The molecule has 3 heterocycles. The zero-order valence-electron chi connectivity index (χ0n) is 7.66. The highest BCUT2D eigenvalue weighted by molar-refractivity contribution is 5.53. The molecule has 0 saturated heterocycles. The number of furan rings is 1. The van der Waals surface area contributed by atoms with Crippen LogP contribution < -0.4 is 5.73 Å². The van der Waals surface area contributed by atoms with Crippen molar-refractivity contribution in [3.63, 3.8) is 0 Å². The van der Waals surface area contributed by atoms with Crippen LogP contribution in [-0.4, -0.2) is 19.6 Å². The minimum absolute atomic E-state index is 0.218. The summed E-state index contributed by atoms with van der Waals surface area (Å²) in [4.78, 5) is 8.21. The van der Waals surface area contributed by atoms with Crippen molar-refractivity contribution in [2.24, 2.45) is 0 Å². The first-order valence-corrected chi connectivity index (χ1v) is 4.36. The molecule has 0 unspecified atom stereocenters. The number of anilines is 1. The lowest BCUT2D eigenvalue weighted by Crippen LogP contribution is -1.96. The van der Waals surface area contributed by atoms with Crippen molar-refractivity contribution in [2.45, 2.75) is 0 Å². The highest BCUT2D eigenvalue weighted by atomic mass is 16.3. The number of nitrogen functional groups attached to an aromatic ring is 1. The molecule has 0 aliphatic heterocycles. The maximum atomic E-state index is 5.51. The number of nitrogens with two attached hydrogens (primary N) is 1. The molecule has 0 atom stereocenters. The van der Waals surface area contributed by atoms with Crippen LogP contribution in [0.4, 0.5) is 5.95 Å². The van der Waals surface area contributed by atoms with Gasteiger partial charge in [-0.1, -0.05) is 0 Å². The van der Waals surface area contributed by atoms with E-state index in [2.05, 4.69) is 15.1 Å². The van der Waals surface area contributed by atoms with Crippen molar-refractivity contribution in [1.29, 1.82) is 0 Å². The molecule has 0 saturated carbocycles. The molecule has 0 spiro atoms. The molecule has 15 heavy (non-hydrogen) atoms. The predicted octanol–water partition coefficient (Wildman–Crippen LogP) is 0.966. The Labute approximate surface area is 84.4 Å². The second-order valence-corrected chi connectivity index (χ2v) is 2.99. The van der Waals surface area contributed by atoms with Gasteiger partial charge in [0.1, 0.15) is 0 Å². The quantitative estimate of drug-likeness (QED) is 0.634. The monoisotopic (exact) mass is 201 g/mol. The van der Waals surface area contributed by atoms with Crippen LogP contribution in [0.2, 0.25) is 0 Å². The van der Waals surface area contributed by atoms with E-state index in [1.54, 1.807) is 35.2 Å². The van der Waals surface area contributed by atoms with E-state index in [9.17, 15) is 0 Å². The molecule has 0 bridgehead atoms. The van der Waals surface area contributed by atoms with E-state index in [-0.39, 0.29) is 5.95 Å². The fraction of sp³-hybridized carbons (Fsp3) is 0. The third kappa shape index (κ3) is 1.15. The summed E-state index contributed by atoms with van der Waals surface area (Å²) in [5.74, 6) is 1.43. The molecular formula is C9H7N5O. The molecule has 3 aromatic heterocycles. The summed E-state index contributed by atoms with van der Waals surface area (Å²) in [6.07, 6.45) is 3.22. The zero-order chi connectivity index (χ0) is 10.3. The Hall–Kier alpha value is -2.37. The van der Waals surface area contributed by atoms with Gasteiger partial charge in [0, 0.05) is 12.3 Å². The second kappa shape index (κ2) is 2.81. The van der Waals surface area contributed by atoms with E-state index < -0.39 is 0 Å². The summed E-state index contributed by atoms with van der Waals surface area (Å²) < 4.78 is 6.79. The Kier molecular flexibility index (Phi) is 1.49. The zero-order valence-corrected chi connectivity index (χ0v) is 7.66. The first-order valence-electron chi connectivity index (χ1n) is 4.36. The van der Waals surface area contributed by atoms with Gasteiger partial charge < -0.3 is 10.2 Å². The summed E-state index contributed by atoms with van der Waals surface area (Å²) in [6, 6.07) is 5.32. The van der Waals surface area contributed by atoms with Gasteiger partial charge in [-0.3, -0.25) is 0 Å². The van der Waals surface area contributed by atoms with Gasteiger partial charge >= 0.3 is 0 Å². The molecule has 6 heteroatoms. The Balaban J connectivity index is 2.35. The number of hydrogen-bond donors (Lipinski definition) is 1. The number of aromatic nitrogens is 4. The highest BCUT2D eigenvalue weighted by Crippen LogP contribution is 2.17. The van der Waals surface area contributed by atoms with Gasteiger partial charge in [-0.15, -0.1) is 5.10 Å². The van der Waals surface area contributed by atoms with Gasteiger partial charge in [-0.05, 0) is 12.1 Å². The average molecular weight is 201 g/mol. The van der Waals surface area contributed by atoms with Crippen LogP contribution >= 0.6 is 0 Å². The molecule has 3 rings (SSSR count). The third-order valence-corrected chi connectivity index (χ3v) is 2.01. The molecule has 0 amide bonds. The van der Waals surface area contributed by atoms with E-state index in [1.165, 1.54) is 0 Å². The van der Waals surface area contributed by atoms with E-state index in [4.69, 9.17) is 10.2 Å². The minimum Gasteiger partial charge on any atom is -0.461 e. The lowest BCUT2D eigenvalue weighted by molar-refractivity contribution is 0.574. The van der Waals surface area contributed by atoms with Crippen LogP contribution in [0.5, 0.6) is 0 Å². The molecule has 0 aliphatic carbocycles. The molecular weight excluding hydrogens is 194 g/mol. The van der Waals surface area contributed by atoms with Crippen molar-refractivity contribution in [3.05, 3.63) is 30.7 Å². The molecule has 74 valence electrons. The molecule has 0 aliphatic rings. The number of fused-ring (bicyclic) bond motifs is 1. The first kappa shape index (κ1) is 7.98. The summed E-state index contributed by atoms with van der Waals surface area (Å²) in [5.41, 5.74) is 6.16. The average Bonchev–Trinajstić information content (AvgIpc) is 2.82. The Morgan fingerprint density at radius 3 is 3.07 bits per heavy atom. The Bertz CT molecular complexity index is 598. The lowest BCUT2D eigenvalue weighted by Gasteiger charge is -1.97. The van der Waals surface area contributed by atoms with Crippen molar-refractivity contribution < 1.29 is 4.42 Å². The minimum atomic E-state index is 0.218. The maximum absolute atomic E-state index is 5.51. The summed E-state index contributed by atoms with van der Waals surface area (Å²) in [7, 11) is 0. The van der Waals surface area contributed by atoms with Gasteiger partial charge in [-0.25, -0.2) is 4.98 Å². The fourth-order valence-corrected chi connectivity index (χ4v) is 1.41. The predicted molar refractivity (Wildman–Crippen MR) is 52.9 cm³/mol. The van der Waals surface area contributed by atoms with Crippen LogP contribution in [0.15, 0.2) is 35.1 Å². The van der Waals surface area contributed by atoms with Crippen LogP contribution in [0.1, 0.15) is 0 Å². The molecule has 0 aromatic carbocycles. The lowest BCUT2D eigenvalue weighted by atomic mass is 10.4. The number of nitrogens with zero attached hydrogens (tertiary/aromatic N) is 4.